The number of anilines is 2. The Balaban J connectivity index is 1.30. The van der Waals surface area contributed by atoms with Gasteiger partial charge in [0.05, 0.1) is 27.9 Å². The highest BCUT2D eigenvalue weighted by atomic mass is 32.1. The summed E-state index contributed by atoms with van der Waals surface area (Å²) in [6, 6.07) is 2.57. The minimum atomic E-state index is -5.01. The molecule has 5 atom stereocenters. The number of nitrogen functional groups attached to an aromatic ring is 1. The van der Waals surface area contributed by atoms with Gasteiger partial charge in [0, 0.05) is 61.3 Å². The summed E-state index contributed by atoms with van der Waals surface area (Å²) >= 11 is 0.763. The second kappa shape index (κ2) is 12.1. The van der Waals surface area contributed by atoms with E-state index < -0.39 is 40.6 Å². The maximum Gasteiger partial charge on any atom is 0.417 e. The van der Waals surface area contributed by atoms with Crippen molar-refractivity contribution in [3.8, 4) is 17.1 Å². The van der Waals surface area contributed by atoms with Crippen molar-refractivity contribution in [2.24, 2.45) is 0 Å². The van der Waals surface area contributed by atoms with Crippen LogP contribution >= 0.6 is 11.3 Å². The van der Waals surface area contributed by atoms with Crippen LogP contribution in [-0.4, -0.2) is 89.6 Å². The largest absolute Gasteiger partial charge is 0.461 e. The van der Waals surface area contributed by atoms with Crippen LogP contribution in [0.15, 0.2) is 18.2 Å². The first-order valence-corrected chi connectivity index (χ1v) is 17.3. The lowest BCUT2D eigenvalue weighted by Crippen LogP contribution is -2.43. The second-order valence-corrected chi connectivity index (χ2v) is 14.6. The van der Waals surface area contributed by atoms with Crippen LogP contribution in [0.1, 0.15) is 44.1 Å². The van der Waals surface area contributed by atoms with Crippen LogP contribution in [0.4, 0.5) is 37.3 Å². The summed E-state index contributed by atoms with van der Waals surface area (Å²) in [5.74, 6) is -1.84. The van der Waals surface area contributed by atoms with E-state index in [2.05, 4.69) is 20.2 Å². The van der Waals surface area contributed by atoms with Gasteiger partial charge >= 0.3 is 12.2 Å². The molecule has 3 N–H and O–H groups in total. The van der Waals surface area contributed by atoms with Gasteiger partial charge in [0.15, 0.2) is 10.9 Å². The summed E-state index contributed by atoms with van der Waals surface area (Å²) in [6.45, 7) is 2.17. The average Bonchev–Trinajstić information content (AvgIpc) is 3.86. The minimum absolute atomic E-state index is 0.0167. The van der Waals surface area contributed by atoms with Gasteiger partial charge in [-0.15, -0.1) is 0 Å². The number of nitrogens with two attached hydrogens (primary N) is 1. The fraction of sp³-hybridized carbons (Fsp3) is 0.545. The van der Waals surface area contributed by atoms with E-state index in [1.165, 1.54) is 0 Å². The molecule has 4 aliphatic rings. The summed E-state index contributed by atoms with van der Waals surface area (Å²) < 4.78 is 102. The van der Waals surface area contributed by atoms with E-state index in [0.717, 1.165) is 61.8 Å². The Morgan fingerprint density at radius 2 is 1.98 bits per heavy atom. The number of alkyl halides is 4. The Labute approximate surface area is 281 Å². The molecular weight excluding hydrogens is 672 g/mol. The maximum atomic E-state index is 17.0. The third kappa shape index (κ3) is 5.45. The Morgan fingerprint density at radius 3 is 2.78 bits per heavy atom. The summed E-state index contributed by atoms with van der Waals surface area (Å²) in [4.78, 5) is 17.2. The van der Waals surface area contributed by atoms with Gasteiger partial charge in [0.1, 0.15) is 29.9 Å². The fourth-order valence-electron chi connectivity index (χ4n) is 8.67. The Hall–Kier alpha value is -3.47. The van der Waals surface area contributed by atoms with Gasteiger partial charge in [-0.3, -0.25) is 4.90 Å². The topological polar surface area (TPSA) is 102 Å². The summed E-state index contributed by atoms with van der Waals surface area (Å²) in [6.07, 6.45) is -1.88. The van der Waals surface area contributed by atoms with Gasteiger partial charge in [0.25, 0.3) is 0 Å². The second-order valence-electron chi connectivity index (χ2n) is 13.5. The van der Waals surface area contributed by atoms with Gasteiger partial charge in [-0.2, -0.15) is 23.1 Å². The molecule has 262 valence electrons. The molecule has 16 heteroatoms. The van der Waals surface area contributed by atoms with E-state index in [1.807, 2.05) is 4.90 Å². The molecule has 6 heterocycles. The van der Waals surface area contributed by atoms with E-state index in [1.54, 1.807) is 7.11 Å². The molecule has 4 fully saturated rings. The molecule has 0 aliphatic carbocycles. The van der Waals surface area contributed by atoms with Gasteiger partial charge in [-0.05, 0) is 56.8 Å². The molecule has 0 amide bonds. The molecule has 1 unspecified atom stereocenters. The number of rotatable bonds is 9. The molecule has 49 heavy (non-hydrogen) atoms. The van der Waals surface area contributed by atoms with Gasteiger partial charge in [0.2, 0.25) is 0 Å². The number of halogens is 6. The standard InChI is InChI=1S/C33H35F6N7O2S/c1-47-10-8-41-22-11-17-3-6-23(22)46(17)29-19-12-20(33(37,38)39)24(18-4-5-21(35)28-27(18)42-30(40)49-28)25(36)26(19)43-31(44-29)48-15-32-7-2-9-45(32)14-16(34)13-32/h4-5,12,16-17,22-23,41H,2-3,6-11,13-15H2,1H3,(H2,40,42)/t16-,17-,22?,23+,32+/m1/s1. The number of thiazole rings is 1. The predicted octanol–water partition coefficient (Wildman–Crippen LogP) is 6.09. The fourth-order valence-corrected chi connectivity index (χ4v) is 9.43. The maximum absolute atomic E-state index is 17.0. The normalized spacial score (nSPS) is 26.9. The summed E-state index contributed by atoms with van der Waals surface area (Å²) in [5.41, 5.74) is 2.38. The van der Waals surface area contributed by atoms with Crippen molar-refractivity contribution in [3.63, 3.8) is 0 Å². The lowest BCUT2D eigenvalue weighted by molar-refractivity contribution is -0.137. The van der Waals surface area contributed by atoms with Crippen molar-refractivity contribution in [1.82, 2.24) is 25.2 Å². The number of benzene rings is 2. The van der Waals surface area contributed by atoms with Gasteiger partial charge in [-0.1, -0.05) is 11.3 Å². The van der Waals surface area contributed by atoms with Crippen LogP contribution in [0.3, 0.4) is 0 Å². The molecule has 9 nitrogen and oxygen atoms in total. The number of hydrogen-bond acceptors (Lipinski definition) is 10. The lowest BCUT2D eigenvalue weighted by atomic mass is 9.95. The number of fused-ring (bicyclic) bond motifs is 5. The predicted molar refractivity (Wildman–Crippen MR) is 174 cm³/mol. The van der Waals surface area contributed by atoms with Crippen LogP contribution in [0, 0.1) is 11.6 Å². The van der Waals surface area contributed by atoms with Gasteiger partial charge < -0.3 is 25.4 Å². The zero-order chi connectivity index (χ0) is 34.2. The zero-order valence-corrected chi connectivity index (χ0v) is 27.4. The third-order valence-corrected chi connectivity index (χ3v) is 11.6. The van der Waals surface area contributed by atoms with Crippen molar-refractivity contribution in [2.75, 3.05) is 50.6 Å². The van der Waals surface area contributed by atoms with E-state index in [-0.39, 0.29) is 74.8 Å². The molecule has 0 saturated carbocycles. The van der Waals surface area contributed by atoms with Crippen molar-refractivity contribution in [1.29, 1.82) is 0 Å². The molecule has 4 aliphatic heterocycles. The molecule has 0 spiro atoms. The van der Waals surface area contributed by atoms with Gasteiger partial charge in [-0.25, -0.2) is 18.2 Å². The number of methoxy groups -OCH3 is 1. The molecule has 2 aromatic heterocycles. The smallest absolute Gasteiger partial charge is 0.417 e. The van der Waals surface area contributed by atoms with E-state index in [0.29, 0.717) is 26.1 Å². The van der Waals surface area contributed by atoms with Crippen molar-refractivity contribution >= 4 is 43.4 Å². The number of hydrogen-bond donors (Lipinski definition) is 2. The van der Waals surface area contributed by atoms with Crippen LogP contribution in [0.25, 0.3) is 32.2 Å². The average molecular weight is 708 g/mol. The van der Waals surface area contributed by atoms with E-state index in [4.69, 9.17) is 20.2 Å². The molecule has 2 bridgehead atoms. The number of nitrogens with zero attached hydrogens (tertiary/aromatic N) is 5. The highest BCUT2D eigenvalue weighted by Gasteiger charge is 2.50. The highest BCUT2D eigenvalue weighted by molar-refractivity contribution is 7.22. The first kappa shape index (κ1) is 32.7. The highest BCUT2D eigenvalue weighted by Crippen LogP contribution is 2.49. The molecule has 8 rings (SSSR count). The molecule has 2 aromatic carbocycles. The van der Waals surface area contributed by atoms with Crippen LogP contribution < -0.4 is 20.7 Å². The Morgan fingerprint density at radius 1 is 1.14 bits per heavy atom. The first-order chi connectivity index (χ1) is 23.5. The van der Waals surface area contributed by atoms with Crippen LogP contribution in [0.5, 0.6) is 6.01 Å². The molecular formula is C33H35F6N7O2S. The Bertz CT molecular complexity index is 1930. The summed E-state index contributed by atoms with van der Waals surface area (Å²) in [5, 5.41) is 3.30. The van der Waals surface area contributed by atoms with E-state index in [9.17, 15) is 22.0 Å². The minimum Gasteiger partial charge on any atom is -0.461 e. The quantitative estimate of drug-likeness (QED) is 0.158. The van der Waals surface area contributed by atoms with Crippen molar-refractivity contribution in [3.05, 3.63) is 35.4 Å². The Kier molecular flexibility index (Phi) is 8.07. The van der Waals surface area contributed by atoms with Crippen molar-refractivity contribution < 1.29 is 35.8 Å². The third-order valence-electron chi connectivity index (χ3n) is 10.7. The van der Waals surface area contributed by atoms with Crippen LogP contribution in [0.2, 0.25) is 0 Å². The molecule has 4 aromatic rings. The zero-order valence-electron chi connectivity index (χ0n) is 26.6. The number of aromatic nitrogens is 3. The summed E-state index contributed by atoms with van der Waals surface area (Å²) in [7, 11) is 1.61. The van der Waals surface area contributed by atoms with Crippen molar-refractivity contribution in [2.45, 2.75) is 74.5 Å². The monoisotopic (exact) mass is 707 g/mol. The number of ether oxygens (including phenoxy) is 2. The molecule has 0 radical (unpaired) electrons. The first-order valence-electron chi connectivity index (χ1n) is 16.5. The van der Waals surface area contributed by atoms with Crippen LogP contribution in [-0.2, 0) is 10.9 Å². The SMILES string of the molecule is COCCNC1C[C@H]2CC[C@@H]1N2c1nc(OC[C@@]23CCCN2C[C@H](F)C3)nc2c(F)c(-c3ccc(F)c4sc(N)nc34)c(C(F)(F)F)cc12. The number of nitrogens with one attached hydrogen (secondary N) is 1. The lowest BCUT2D eigenvalue weighted by Gasteiger charge is -2.31. The van der Waals surface area contributed by atoms with E-state index >= 15 is 4.39 Å². The molecule has 4 saturated heterocycles.